The van der Waals surface area contributed by atoms with E-state index in [0.29, 0.717) is 6.10 Å². The van der Waals surface area contributed by atoms with Crippen LogP contribution in [0.15, 0.2) is 30.3 Å². The molecule has 2 fully saturated rings. The zero-order valence-electron chi connectivity index (χ0n) is 13.2. The monoisotopic (exact) mass is 288 g/mol. The second kappa shape index (κ2) is 7.39. The van der Waals surface area contributed by atoms with Gasteiger partial charge in [-0.2, -0.15) is 0 Å². The lowest BCUT2D eigenvalue weighted by Crippen LogP contribution is -2.48. The van der Waals surface area contributed by atoms with Crippen molar-refractivity contribution in [3.63, 3.8) is 0 Å². The number of rotatable bonds is 4. The van der Waals surface area contributed by atoms with E-state index in [0.717, 1.165) is 38.7 Å². The third kappa shape index (κ3) is 4.06. The van der Waals surface area contributed by atoms with Crippen LogP contribution in [0, 0.1) is 5.92 Å². The Hall–Kier alpha value is -0.900. The van der Waals surface area contributed by atoms with Gasteiger partial charge < -0.3 is 4.74 Å². The summed E-state index contributed by atoms with van der Waals surface area (Å²) in [5.41, 5.74) is 1.43. The molecule has 2 heterocycles. The minimum Gasteiger partial charge on any atom is -0.375 e. The van der Waals surface area contributed by atoms with Crippen molar-refractivity contribution in [2.45, 2.75) is 32.4 Å². The van der Waals surface area contributed by atoms with Gasteiger partial charge in [-0.3, -0.25) is 9.80 Å². The molecule has 0 amide bonds. The van der Waals surface area contributed by atoms with Gasteiger partial charge in [0.25, 0.3) is 0 Å². The number of hydrogen-bond acceptors (Lipinski definition) is 3. The number of ether oxygens (including phenoxy) is 1. The molecule has 1 aromatic rings. The van der Waals surface area contributed by atoms with Crippen molar-refractivity contribution < 1.29 is 4.74 Å². The Labute approximate surface area is 128 Å². The number of morpholine rings is 1. The van der Waals surface area contributed by atoms with Crippen molar-refractivity contribution in [2.24, 2.45) is 5.92 Å². The van der Waals surface area contributed by atoms with Gasteiger partial charge in [0.05, 0.1) is 12.7 Å². The van der Waals surface area contributed by atoms with Crippen LogP contribution in [-0.2, 0) is 11.3 Å². The maximum absolute atomic E-state index is 6.04. The molecule has 2 aliphatic heterocycles. The zero-order valence-corrected chi connectivity index (χ0v) is 13.2. The second-order valence-corrected chi connectivity index (χ2v) is 6.40. The Balaban J connectivity index is 1.46. The maximum atomic E-state index is 6.04. The molecule has 3 nitrogen and oxygen atoms in total. The van der Waals surface area contributed by atoms with Crippen LogP contribution in [0.3, 0.4) is 0 Å². The summed E-state index contributed by atoms with van der Waals surface area (Å²) in [5.74, 6) is 0.756. The molecule has 0 radical (unpaired) electrons. The minimum absolute atomic E-state index is 0.470. The fourth-order valence-corrected chi connectivity index (χ4v) is 3.63. The molecule has 0 aliphatic carbocycles. The molecule has 2 saturated heterocycles. The number of likely N-dealkylation sites (N-methyl/N-ethyl adjacent to an activating group) is 1. The topological polar surface area (TPSA) is 15.7 Å². The van der Waals surface area contributed by atoms with Crippen LogP contribution in [-0.4, -0.2) is 55.2 Å². The standard InChI is InChI=1S/C18H28N2O/c1-2-19-12-13-21-18(15-19)17-8-10-20(11-9-17)14-16-6-4-3-5-7-16/h3-7,17-18H,2,8-15H2,1H3. The molecule has 0 saturated carbocycles. The summed E-state index contributed by atoms with van der Waals surface area (Å²) in [6.07, 6.45) is 3.04. The molecule has 0 spiro atoms. The summed E-state index contributed by atoms with van der Waals surface area (Å²) in [6, 6.07) is 10.8. The smallest absolute Gasteiger partial charge is 0.0731 e. The van der Waals surface area contributed by atoms with Crippen molar-refractivity contribution >= 4 is 0 Å². The molecule has 1 atom stereocenters. The van der Waals surface area contributed by atoms with Crippen LogP contribution in [0.2, 0.25) is 0 Å². The molecule has 0 bridgehead atoms. The van der Waals surface area contributed by atoms with Crippen LogP contribution < -0.4 is 0 Å². The summed E-state index contributed by atoms with van der Waals surface area (Å²) in [7, 11) is 0. The number of piperidine rings is 1. The Kier molecular flexibility index (Phi) is 5.28. The minimum atomic E-state index is 0.470. The Morgan fingerprint density at radius 3 is 2.52 bits per heavy atom. The fraction of sp³-hybridized carbons (Fsp3) is 0.667. The normalized spacial score (nSPS) is 26.0. The van der Waals surface area contributed by atoms with E-state index in [1.54, 1.807) is 0 Å². The molecule has 1 unspecified atom stereocenters. The van der Waals surface area contributed by atoms with Gasteiger partial charge in [0.1, 0.15) is 0 Å². The maximum Gasteiger partial charge on any atom is 0.0731 e. The van der Waals surface area contributed by atoms with E-state index in [1.807, 2.05) is 0 Å². The van der Waals surface area contributed by atoms with Crippen molar-refractivity contribution in [3.05, 3.63) is 35.9 Å². The van der Waals surface area contributed by atoms with Gasteiger partial charge in [0.2, 0.25) is 0 Å². The van der Waals surface area contributed by atoms with Crippen molar-refractivity contribution in [1.29, 1.82) is 0 Å². The van der Waals surface area contributed by atoms with Crippen LogP contribution in [0.5, 0.6) is 0 Å². The predicted octanol–water partition coefficient (Wildman–Crippen LogP) is 2.62. The van der Waals surface area contributed by atoms with E-state index < -0.39 is 0 Å². The molecule has 21 heavy (non-hydrogen) atoms. The number of likely N-dealkylation sites (tertiary alicyclic amines) is 1. The highest BCUT2D eigenvalue weighted by molar-refractivity contribution is 5.14. The molecular formula is C18H28N2O. The average molecular weight is 288 g/mol. The van der Waals surface area contributed by atoms with Gasteiger partial charge in [-0.15, -0.1) is 0 Å². The SMILES string of the molecule is CCN1CCOC(C2CCN(Cc3ccccc3)CC2)C1. The Bertz CT molecular complexity index is 414. The van der Waals surface area contributed by atoms with E-state index in [1.165, 1.54) is 31.5 Å². The fourth-order valence-electron chi connectivity index (χ4n) is 3.63. The summed E-state index contributed by atoms with van der Waals surface area (Å²) in [4.78, 5) is 5.12. The van der Waals surface area contributed by atoms with E-state index >= 15 is 0 Å². The van der Waals surface area contributed by atoms with Crippen molar-refractivity contribution in [2.75, 3.05) is 39.3 Å². The zero-order chi connectivity index (χ0) is 14.5. The second-order valence-electron chi connectivity index (χ2n) is 6.40. The lowest BCUT2D eigenvalue weighted by Gasteiger charge is -2.40. The molecule has 2 aliphatic rings. The first kappa shape index (κ1) is 15.0. The first-order valence-electron chi connectivity index (χ1n) is 8.45. The molecular weight excluding hydrogens is 260 g/mol. The number of benzene rings is 1. The molecule has 1 aromatic carbocycles. The average Bonchev–Trinajstić information content (AvgIpc) is 2.56. The molecule has 0 aromatic heterocycles. The number of nitrogens with zero attached hydrogens (tertiary/aromatic N) is 2. The molecule has 0 N–H and O–H groups in total. The summed E-state index contributed by atoms with van der Waals surface area (Å²) >= 11 is 0. The van der Waals surface area contributed by atoms with E-state index in [-0.39, 0.29) is 0 Å². The van der Waals surface area contributed by atoms with Gasteiger partial charge in [0.15, 0.2) is 0 Å². The summed E-state index contributed by atoms with van der Waals surface area (Å²) < 4.78 is 6.04. The van der Waals surface area contributed by atoms with E-state index in [2.05, 4.69) is 47.1 Å². The highest BCUT2D eigenvalue weighted by Gasteiger charge is 2.30. The van der Waals surface area contributed by atoms with Gasteiger partial charge in [0, 0.05) is 19.6 Å². The highest BCUT2D eigenvalue weighted by atomic mass is 16.5. The Morgan fingerprint density at radius 1 is 1.05 bits per heavy atom. The largest absolute Gasteiger partial charge is 0.375 e. The van der Waals surface area contributed by atoms with E-state index in [4.69, 9.17) is 4.74 Å². The molecule has 3 rings (SSSR count). The van der Waals surface area contributed by atoms with Crippen molar-refractivity contribution in [1.82, 2.24) is 9.80 Å². The van der Waals surface area contributed by atoms with Crippen LogP contribution in [0.1, 0.15) is 25.3 Å². The summed E-state index contributed by atoms with van der Waals surface area (Å²) in [6.45, 7) is 10.1. The molecule has 116 valence electrons. The quantitative estimate of drug-likeness (QED) is 0.847. The summed E-state index contributed by atoms with van der Waals surface area (Å²) in [5, 5.41) is 0. The lowest BCUT2D eigenvalue weighted by atomic mass is 9.90. The first-order valence-corrected chi connectivity index (χ1v) is 8.45. The third-order valence-corrected chi connectivity index (χ3v) is 5.03. The molecule has 3 heteroatoms. The van der Waals surface area contributed by atoms with Gasteiger partial charge in [-0.25, -0.2) is 0 Å². The predicted molar refractivity (Wildman–Crippen MR) is 86.3 cm³/mol. The first-order chi connectivity index (χ1) is 10.3. The van der Waals surface area contributed by atoms with Crippen LogP contribution in [0.25, 0.3) is 0 Å². The van der Waals surface area contributed by atoms with Crippen molar-refractivity contribution in [3.8, 4) is 0 Å². The van der Waals surface area contributed by atoms with Gasteiger partial charge in [-0.05, 0) is 44.0 Å². The van der Waals surface area contributed by atoms with Crippen LogP contribution >= 0.6 is 0 Å². The number of hydrogen-bond donors (Lipinski definition) is 0. The van der Waals surface area contributed by atoms with E-state index in [9.17, 15) is 0 Å². The Morgan fingerprint density at radius 2 is 1.81 bits per heavy atom. The van der Waals surface area contributed by atoms with Crippen LogP contribution in [0.4, 0.5) is 0 Å². The highest BCUT2D eigenvalue weighted by Crippen LogP contribution is 2.25. The lowest BCUT2D eigenvalue weighted by molar-refractivity contribution is -0.0686. The van der Waals surface area contributed by atoms with Gasteiger partial charge in [-0.1, -0.05) is 37.3 Å². The third-order valence-electron chi connectivity index (χ3n) is 5.03. The van der Waals surface area contributed by atoms with Gasteiger partial charge >= 0.3 is 0 Å².